The monoisotopic (exact) mass is 339 g/mol. The summed E-state index contributed by atoms with van der Waals surface area (Å²) in [4.78, 5) is 37.4. The number of aromatic nitrogens is 2. The molecule has 3 aromatic rings. The van der Waals surface area contributed by atoms with Crippen molar-refractivity contribution < 1.29 is 9.66 Å². The molecule has 8 nitrogen and oxygen atoms in total. The second kappa shape index (κ2) is 6.44. The molecule has 126 valence electrons. The first-order chi connectivity index (χ1) is 12.0. The van der Waals surface area contributed by atoms with Crippen molar-refractivity contribution in [1.82, 2.24) is 9.97 Å². The van der Waals surface area contributed by atoms with E-state index in [1.54, 1.807) is 25.3 Å². The number of hydrogen-bond acceptors (Lipinski definition) is 5. The van der Waals surface area contributed by atoms with Crippen LogP contribution in [0.1, 0.15) is 11.3 Å². The van der Waals surface area contributed by atoms with Gasteiger partial charge in [0, 0.05) is 5.39 Å². The van der Waals surface area contributed by atoms with E-state index in [2.05, 4.69) is 4.98 Å². The first kappa shape index (κ1) is 16.2. The maximum atomic E-state index is 11.6. The van der Waals surface area contributed by atoms with Gasteiger partial charge in [-0.1, -0.05) is 36.4 Å². The van der Waals surface area contributed by atoms with Crippen LogP contribution in [0.25, 0.3) is 22.9 Å². The lowest BCUT2D eigenvalue weighted by molar-refractivity contribution is -0.386. The lowest BCUT2D eigenvalue weighted by Gasteiger charge is -2.07. The highest BCUT2D eigenvalue weighted by atomic mass is 16.6. The molecular weight excluding hydrogens is 326 g/mol. The average molecular weight is 339 g/mol. The van der Waals surface area contributed by atoms with Crippen LogP contribution in [0.3, 0.4) is 0 Å². The number of nitro groups is 1. The smallest absolute Gasteiger partial charge is 0.357 e. The Hall–Kier alpha value is -3.68. The minimum Gasteiger partial charge on any atom is -0.496 e. The summed E-state index contributed by atoms with van der Waals surface area (Å²) in [5.74, 6) is 0.697. The third kappa shape index (κ3) is 3.05. The van der Waals surface area contributed by atoms with Crippen molar-refractivity contribution in [3.8, 4) is 5.75 Å². The van der Waals surface area contributed by atoms with Crippen LogP contribution in [0.4, 0.5) is 5.69 Å². The molecule has 0 saturated heterocycles. The number of methoxy groups -OCH3 is 1. The molecule has 0 fully saturated rings. The molecule has 0 aliphatic heterocycles. The molecular formula is C17H13N3O5. The highest BCUT2D eigenvalue weighted by Crippen LogP contribution is 2.29. The Morgan fingerprint density at radius 1 is 1.04 bits per heavy atom. The van der Waals surface area contributed by atoms with Gasteiger partial charge in [0.05, 0.1) is 12.0 Å². The molecule has 8 heteroatoms. The van der Waals surface area contributed by atoms with Gasteiger partial charge in [-0.15, -0.1) is 0 Å². The van der Waals surface area contributed by atoms with E-state index in [1.165, 1.54) is 6.08 Å². The second-order valence-electron chi connectivity index (χ2n) is 5.16. The molecule has 0 spiro atoms. The van der Waals surface area contributed by atoms with Crippen LogP contribution < -0.4 is 16.0 Å². The Kier molecular flexibility index (Phi) is 4.17. The number of ether oxygens (including phenoxy) is 1. The summed E-state index contributed by atoms with van der Waals surface area (Å²) < 4.78 is 5.32. The molecule has 0 saturated carbocycles. The highest BCUT2D eigenvalue weighted by molar-refractivity contribution is 5.96. The normalized spacial score (nSPS) is 11.1. The molecule has 2 aromatic carbocycles. The van der Waals surface area contributed by atoms with E-state index in [4.69, 9.17) is 4.74 Å². The van der Waals surface area contributed by atoms with Crippen molar-refractivity contribution in [2.45, 2.75) is 0 Å². The molecule has 0 atom stereocenters. The van der Waals surface area contributed by atoms with Crippen molar-refractivity contribution >= 4 is 28.6 Å². The first-order valence-corrected chi connectivity index (χ1v) is 7.26. The van der Waals surface area contributed by atoms with E-state index >= 15 is 0 Å². The summed E-state index contributed by atoms with van der Waals surface area (Å²) in [5.41, 5.74) is -1.98. The van der Waals surface area contributed by atoms with E-state index in [0.29, 0.717) is 5.75 Å². The highest BCUT2D eigenvalue weighted by Gasteiger charge is 2.18. The van der Waals surface area contributed by atoms with Crippen LogP contribution in [-0.2, 0) is 0 Å². The topological polar surface area (TPSA) is 118 Å². The van der Waals surface area contributed by atoms with Crippen LogP contribution in [0.15, 0.2) is 46.0 Å². The second-order valence-corrected chi connectivity index (χ2v) is 5.16. The number of H-pyrrole nitrogens is 2. The lowest BCUT2D eigenvalue weighted by Crippen LogP contribution is -2.25. The number of fused-ring (bicyclic) bond motifs is 1. The van der Waals surface area contributed by atoms with Crippen LogP contribution in [0.5, 0.6) is 5.75 Å². The van der Waals surface area contributed by atoms with Crippen molar-refractivity contribution in [3.63, 3.8) is 0 Å². The van der Waals surface area contributed by atoms with Gasteiger partial charge in [0.15, 0.2) is 0 Å². The number of aromatic amines is 2. The Balaban J connectivity index is 2.16. The Morgan fingerprint density at radius 2 is 1.76 bits per heavy atom. The molecule has 0 amide bonds. The maximum Gasteiger partial charge on any atom is 0.357 e. The minimum absolute atomic E-state index is 0.168. The van der Waals surface area contributed by atoms with Crippen LogP contribution in [0.2, 0.25) is 0 Å². The fraction of sp³-hybridized carbons (Fsp3) is 0.0588. The fourth-order valence-corrected chi connectivity index (χ4v) is 2.59. The zero-order valence-corrected chi connectivity index (χ0v) is 13.1. The molecule has 0 aliphatic carbocycles. The summed E-state index contributed by atoms with van der Waals surface area (Å²) >= 11 is 0. The quantitative estimate of drug-likeness (QED) is 0.558. The van der Waals surface area contributed by atoms with Gasteiger partial charge in [0.1, 0.15) is 11.4 Å². The minimum atomic E-state index is -1.05. The van der Waals surface area contributed by atoms with Crippen LogP contribution >= 0.6 is 0 Å². The summed E-state index contributed by atoms with van der Waals surface area (Å²) in [6.45, 7) is 0. The van der Waals surface area contributed by atoms with Gasteiger partial charge in [-0.3, -0.25) is 19.9 Å². The van der Waals surface area contributed by atoms with E-state index in [9.17, 15) is 19.7 Å². The lowest BCUT2D eigenvalue weighted by atomic mass is 10.0. The van der Waals surface area contributed by atoms with E-state index in [0.717, 1.165) is 16.3 Å². The van der Waals surface area contributed by atoms with Gasteiger partial charge in [0.2, 0.25) is 0 Å². The largest absolute Gasteiger partial charge is 0.496 e. The standard InChI is InChI=1S/C17H13N3O5/c1-25-14-9-7-10(11-4-2-3-5-12(11)14)6-8-13-15(20(23)24)16(21)19-17(22)18-13/h2-9H,1H3,(H2,18,19,21,22). The molecule has 0 unspecified atom stereocenters. The Labute approximate surface area is 140 Å². The molecule has 2 N–H and O–H groups in total. The predicted molar refractivity (Wildman–Crippen MR) is 93.8 cm³/mol. The van der Waals surface area contributed by atoms with E-state index in [-0.39, 0.29) is 5.69 Å². The van der Waals surface area contributed by atoms with Crippen LogP contribution in [-0.4, -0.2) is 22.0 Å². The number of nitrogens with zero attached hydrogens (tertiary/aromatic N) is 1. The van der Waals surface area contributed by atoms with Gasteiger partial charge in [-0.05, 0) is 23.1 Å². The zero-order chi connectivity index (χ0) is 18.0. The number of rotatable bonds is 4. The third-order valence-electron chi connectivity index (χ3n) is 3.70. The number of benzene rings is 2. The van der Waals surface area contributed by atoms with Crippen LogP contribution in [0, 0.1) is 10.1 Å². The van der Waals surface area contributed by atoms with Gasteiger partial charge in [0.25, 0.3) is 0 Å². The Morgan fingerprint density at radius 3 is 2.44 bits per heavy atom. The van der Waals surface area contributed by atoms with Crippen molar-refractivity contribution in [2.75, 3.05) is 7.11 Å². The van der Waals surface area contributed by atoms with Gasteiger partial charge < -0.3 is 9.72 Å². The Bertz CT molecular complexity index is 1110. The third-order valence-corrected chi connectivity index (χ3v) is 3.70. The first-order valence-electron chi connectivity index (χ1n) is 7.26. The summed E-state index contributed by atoms with van der Waals surface area (Å²) in [6, 6.07) is 11.1. The SMILES string of the molecule is COc1ccc(C=Cc2[nH]c(=O)[nH]c(=O)c2[N+](=O)[O-])c2ccccc12. The average Bonchev–Trinajstić information content (AvgIpc) is 2.58. The number of hydrogen-bond donors (Lipinski definition) is 2. The molecule has 3 rings (SSSR count). The maximum absolute atomic E-state index is 11.6. The molecule has 1 heterocycles. The van der Waals surface area contributed by atoms with Crippen molar-refractivity contribution in [2.24, 2.45) is 0 Å². The van der Waals surface area contributed by atoms with Crippen molar-refractivity contribution in [3.05, 3.63) is 78.6 Å². The molecule has 0 bridgehead atoms. The predicted octanol–water partition coefficient (Wildman–Crippen LogP) is 2.30. The van der Waals surface area contributed by atoms with Gasteiger partial charge >= 0.3 is 16.9 Å². The number of nitrogens with one attached hydrogen (secondary N) is 2. The van der Waals surface area contributed by atoms with Gasteiger partial charge in [-0.2, -0.15) is 0 Å². The molecule has 0 aliphatic rings. The molecule has 1 aromatic heterocycles. The van der Waals surface area contributed by atoms with E-state index < -0.39 is 21.9 Å². The summed E-state index contributed by atoms with van der Waals surface area (Å²) in [7, 11) is 1.57. The fourth-order valence-electron chi connectivity index (χ4n) is 2.59. The van der Waals surface area contributed by atoms with Gasteiger partial charge in [-0.25, -0.2) is 4.79 Å². The molecule has 25 heavy (non-hydrogen) atoms. The zero-order valence-electron chi connectivity index (χ0n) is 13.1. The van der Waals surface area contributed by atoms with Crippen molar-refractivity contribution in [1.29, 1.82) is 0 Å². The van der Waals surface area contributed by atoms with E-state index in [1.807, 2.05) is 29.2 Å². The molecule has 0 radical (unpaired) electrons. The summed E-state index contributed by atoms with van der Waals surface area (Å²) in [6.07, 6.45) is 2.93. The summed E-state index contributed by atoms with van der Waals surface area (Å²) in [5, 5.41) is 12.8.